The third-order valence-electron chi connectivity index (χ3n) is 24.3. The van der Waals surface area contributed by atoms with E-state index in [0.717, 1.165) is 181 Å². The van der Waals surface area contributed by atoms with Crippen molar-refractivity contribution in [2.75, 3.05) is 113 Å². The molecule has 0 N–H and O–H groups in total. The van der Waals surface area contributed by atoms with Crippen molar-refractivity contribution in [3.63, 3.8) is 0 Å². The number of hydrogen-bond donors (Lipinski definition) is 0. The highest BCUT2D eigenvalue weighted by Crippen LogP contribution is 2.41. The van der Waals surface area contributed by atoms with Crippen LogP contribution in [0.5, 0.6) is 34.5 Å². The highest BCUT2D eigenvalue weighted by atomic mass is 79.9. The molecule has 9 aromatic rings. The molecule has 4 fully saturated rings. The second kappa shape index (κ2) is 63.6. The lowest BCUT2D eigenvalue weighted by molar-refractivity contribution is -0.137. The smallest absolute Gasteiger partial charge is 0.416 e. The SMILES string of the molecule is CC(C)c1ccc(Br)cc1F.CC(C)c1ccc(C(F)(F)F)cc1Cl.CC(C)c1ccc(Cl)cc1Cl.CC(C)c1ccc(F)cc1F.CC(C)c1cccc(S(=O)(=O)N2CCCCC2)c1.CCOc1ccc(CC(=O)CN2CCOCC2)cc1C(C)C.CCOc1ccc(CC(=O)N2CCCC2)cc1C(C)C.CCOc1ccc(CC(=O)N2CCCCC2)cc1C(C)C.COc1cc(C(C)C)cc(OC)c1OC. The zero-order valence-corrected chi connectivity index (χ0v) is 93.5. The maximum absolute atomic E-state index is 13.1. The number of alkyl halides is 3. The number of halogens is 10. The van der Waals surface area contributed by atoms with Gasteiger partial charge in [-0.15, -0.1) is 0 Å². The Hall–Kier alpha value is -8.85. The molecule has 2 amide bonds. The average Bonchev–Trinajstić information content (AvgIpc) is 1.000. The molecule has 0 radical (unpaired) electrons. The number of ketones is 1. The molecular weight excluding hydrogens is 1970 g/mol. The highest BCUT2D eigenvalue weighted by molar-refractivity contribution is 9.10. The molecule has 4 aliphatic rings. The first-order valence-electron chi connectivity index (χ1n) is 50.4. The van der Waals surface area contributed by atoms with Crippen molar-refractivity contribution < 1.29 is 82.3 Å². The third-order valence-corrected chi connectivity index (χ3v) is 27.6. The van der Waals surface area contributed by atoms with E-state index < -0.39 is 33.4 Å². The first-order valence-corrected chi connectivity index (χ1v) is 53.8. The number of benzene rings is 9. The van der Waals surface area contributed by atoms with E-state index >= 15 is 0 Å². The molecule has 0 atom stereocenters. The maximum Gasteiger partial charge on any atom is 0.416 e. The molecule has 4 saturated heterocycles. The van der Waals surface area contributed by atoms with Gasteiger partial charge in [-0.2, -0.15) is 17.5 Å². The van der Waals surface area contributed by atoms with E-state index in [2.05, 4.69) is 122 Å². The largest absolute Gasteiger partial charge is 0.494 e. The summed E-state index contributed by atoms with van der Waals surface area (Å²) in [6.45, 7) is 53.7. The number of amides is 2. The zero-order chi connectivity index (χ0) is 107. The van der Waals surface area contributed by atoms with Gasteiger partial charge >= 0.3 is 6.18 Å². The van der Waals surface area contributed by atoms with E-state index in [-0.39, 0.29) is 46.2 Å². The van der Waals surface area contributed by atoms with Crippen molar-refractivity contribution in [3.8, 4) is 34.5 Å². The molecule has 0 unspecified atom stereocenters. The van der Waals surface area contributed by atoms with Gasteiger partial charge in [-0.25, -0.2) is 21.6 Å². The maximum atomic E-state index is 13.1. The number of Topliss-reactive ketones (excluding diaryl/α,β-unsaturated/α-hetero) is 1. The number of ether oxygens (including phenoxy) is 7. The van der Waals surface area contributed by atoms with Gasteiger partial charge in [0.1, 0.15) is 34.7 Å². The fourth-order valence-electron chi connectivity index (χ4n) is 16.1. The van der Waals surface area contributed by atoms with Crippen molar-refractivity contribution in [3.05, 3.63) is 273 Å². The second-order valence-corrected chi connectivity index (χ2v) is 42.6. The summed E-state index contributed by atoms with van der Waals surface area (Å²) in [4.78, 5) is 43.4. The molecule has 13 rings (SSSR count). The number of carbonyl (C=O) groups is 3. The number of sulfonamides is 1. The van der Waals surface area contributed by atoms with Crippen LogP contribution in [0.2, 0.25) is 15.1 Å². The quantitative estimate of drug-likeness (QED) is 0.0426. The minimum Gasteiger partial charge on any atom is -0.494 e. The first kappa shape index (κ1) is 125. The van der Waals surface area contributed by atoms with Gasteiger partial charge in [0.05, 0.1) is 84.2 Å². The molecule has 790 valence electrons. The Bertz CT molecular complexity index is 5330. The number of nitrogens with zero attached hydrogens (tertiary/aromatic N) is 4. The normalized spacial score (nSPS) is 13.8. The third kappa shape index (κ3) is 42.5. The van der Waals surface area contributed by atoms with Gasteiger partial charge in [-0.3, -0.25) is 19.3 Å². The summed E-state index contributed by atoms with van der Waals surface area (Å²) in [7, 11) is 1.57. The van der Waals surface area contributed by atoms with Crippen LogP contribution in [0.1, 0.15) is 322 Å². The fraction of sp³-hybridized carbons (Fsp3) is 0.509. The summed E-state index contributed by atoms with van der Waals surface area (Å²) in [5.41, 5.74) is 11.6. The average molecular weight is 2130 g/mol. The van der Waals surface area contributed by atoms with Gasteiger partial charge in [-0.05, 0) is 271 Å². The summed E-state index contributed by atoms with van der Waals surface area (Å²) in [6.07, 6.45) is 6.10. The molecule has 4 heterocycles. The van der Waals surface area contributed by atoms with Crippen LogP contribution < -0.4 is 28.4 Å². The van der Waals surface area contributed by atoms with E-state index in [1.165, 1.54) is 52.9 Å². The first-order chi connectivity index (χ1) is 67.6. The minimum absolute atomic E-state index is 0.107. The topological polar surface area (TPSA) is 163 Å². The number of rotatable bonds is 28. The second-order valence-electron chi connectivity index (χ2n) is 38.5. The number of methoxy groups -OCH3 is 3. The van der Waals surface area contributed by atoms with Crippen molar-refractivity contribution in [1.82, 2.24) is 19.0 Å². The van der Waals surface area contributed by atoms with Crippen molar-refractivity contribution in [2.45, 2.75) is 280 Å². The molecule has 16 nitrogen and oxygen atoms in total. The van der Waals surface area contributed by atoms with Crippen molar-refractivity contribution >= 4 is 78.4 Å². The van der Waals surface area contributed by atoms with Crippen LogP contribution in [0.3, 0.4) is 0 Å². The minimum atomic E-state index is -4.32. The van der Waals surface area contributed by atoms with Crippen LogP contribution in [0.25, 0.3) is 0 Å². The summed E-state index contributed by atoms with van der Waals surface area (Å²) in [6, 6.07) is 47.6. The Kier molecular flexibility index (Phi) is 55.5. The Morgan fingerprint density at radius 1 is 0.399 bits per heavy atom. The monoisotopic (exact) mass is 2130 g/mol. The number of hydrogen-bond acceptors (Lipinski definition) is 13. The number of piperidine rings is 2. The van der Waals surface area contributed by atoms with Gasteiger partial charge < -0.3 is 43.0 Å². The molecule has 4 aliphatic heterocycles. The predicted molar refractivity (Wildman–Crippen MR) is 578 cm³/mol. The molecule has 0 aliphatic carbocycles. The molecule has 0 aromatic heterocycles. The Labute approximate surface area is 874 Å². The molecule has 0 bridgehead atoms. The standard InChI is InChI=1S/C18H27NO3.C18H27NO2.C17H25NO2.C14H21NO2S.C12H18O3.C10H10ClF3.C9H10BrF.C9H10Cl2.C9H10F2/c1-4-22-18-6-5-15(12-17(18)14(2)3)11-16(20)13-19-7-9-21-10-8-19;1-4-21-17-9-8-15(12-16(17)14(2)3)13-18(20)19-10-6-5-7-11-19;1-4-20-16-8-7-14(11-15(16)13(2)3)12-17(19)18-9-5-6-10-18;1-12(2)13-7-6-8-14(11-13)18(16,17)15-9-4-3-5-10-15;1-8(2)9-6-10(13-3)12(15-5)11(7-9)14-4;1-6(2)8-4-3-7(5-9(8)11)10(12,13)14;3*1-6(2)8-4-3-7(10)5-9(8)11/h5-6,12,14H,4,7-11,13H2,1-3H3;8-9,12,14H,4-7,10-11,13H2,1-3H3;7-8,11,13H,4-6,9-10,12H2,1-3H3;6-8,11-12H,3-5,9-10H2,1-2H3;6-8H,1-5H3;3-6H,1-2H3;3*3-6H,1-2H3. The van der Waals surface area contributed by atoms with Crippen LogP contribution in [0, 0.1) is 17.5 Å². The lowest BCUT2D eigenvalue weighted by Crippen LogP contribution is -2.39. The predicted octanol–water partition coefficient (Wildman–Crippen LogP) is 31.0. The molecule has 0 saturated carbocycles. The number of likely N-dealkylation sites (tertiary alicyclic amines) is 2. The molecule has 0 spiro atoms. The van der Waals surface area contributed by atoms with Gasteiger partial charge in [0.25, 0.3) is 0 Å². The Balaban J connectivity index is 0.000000286. The summed E-state index contributed by atoms with van der Waals surface area (Å²) in [5, 5.41) is 1.63. The van der Waals surface area contributed by atoms with Crippen LogP contribution >= 0.6 is 50.7 Å². The fourth-order valence-corrected chi connectivity index (χ4v) is 19.0. The van der Waals surface area contributed by atoms with E-state index in [9.17, 15) is 49.1 Å². The van der Waals surface area contributed by atoms with Gasteiger partial charge in [0.2, 0.25) is 27.6 Å². The molecule has 27 heteroatoms. The summed E-state index contributed by atoms with van der Waals surface area (Å²) < 4.78 is 141. The Morgan fingerprint density at radius 2 is 0.790 bits per heavy atom. The van der Waals surface area contributed by atoms with E-state index in [0.29, 0.717) is 127 Å². The van der Waals surface area contributed by atoms with Crippen molar-refractivity contribution in [1.29, 1.82) is 0 Å². The summed E-state index contributed by atoms with van der Waals surface area (Å²) >= 11 is 20.6. The lowest BCUT2D eigenvalue weighted by Gasteiger charge is -2.27. The van der Waals surface area contributed by atoms with E-state index in [1.807, 2.05) is 163 Å². The van der Waals surface area contributed by atoms with Crippen molar-refractivity contribution in [2.24, 2.45) is 0 Å². The van der Waals surface area contributed by atoms with Crippen LogP contribution in [0.4, 0.5) is 26.3 Å². The van der Waals surface area contributed by atoms with Crippen LogP contribution in [-0.4, -0.2) is 158 Å². The number of morpholine rings is 1. The lowest BCUT2D eigenvalue weighted by atomic mass is 9.97. The summed E-state index contributed by atoms with van der Waals surface area (Å²) in [5.74, 6) is 7.46. The number of carbonyl (C=O) groups excluding carboxylic acids is 3. The van der Waals surface area contributed by atoms with Crippen LogP contribution in [0.15, 0.2) is 173 Å². The van der Waals surface area contributed by atoms with E-state index in [1.54, 1.807) is 37.8 Å². The zero-order valence-electron chi connectivity index (χ0n) is 88.8. The Morgan fingerprint density at radius 3 is 1.17 bits per heavy atom. The molecular formula is C116H158BrCl3F6N4O12S. The van der Waals surface area contributed by atoms with Gasteiger partial charge in [0, 0.05) is 84.4 Å². The van der Waals surface area contributed by atoms with Gasteiger partial charge in [-0.1, -0.05) is 255 Å². The molecule has 143 heavy (non-hydrogen) atoms. The van der Waals surface area contributed by atoms with Crippen LogP contribution in [-0.2, 0) is 54.6 Å². The molecule has 9 aromatic carbocycles. The van der Waals surface area contributed by atoms with E-state index in [4.69, 9.17) is 68.0 Å². The van der Waals surface area contributed by atoms with Gasteiger partial charge in [0.15, 0.2) is 17.3 Å². The highest BCUT2D eigenvalue weighted by Gasteiger charge is 2.32.